The summed E-state index contributed by atoms with van der Waals surface area (Å²) in [5.41, 5.74) is 5.06. The van der Waals surface area contributed by atoms with Crippen LogP contribution < -0.4 is 5.32 Å². The van der Waals surface area contributed by atoms with Crippen molar-refractivity contribution in [3.8, 4) is 11.1 Å². The lowest BCUT2D eigenvalue weighted by atomic mass is 9.98. The van der Waals surface area contributed by atoms with Crippen molar-refractivity contribution in [1.82, 2.24) is 0 Å². The lowest BCUT2D eigenvalue weighted by Crippen LogP contribution is -1.89. The van der Waals surface area contributed by atoms with Gasteiger partial charge in [0.1, 0.15) is 0 Å². The first-order valence-corrected chi connectivity index (χ1v) is 6.09. The second-order valence-electron chi connectivity index (χ2n) is 4.61. The van der Waals surface area contributed by atoms with Crippen LogP contribution in [0.4, 0.5) is 5.69 Å². The summed E-state index contributed by atoms with van der Waals surface area (Å²) in [5.74, 6) is 0.590. The second kappa shape index (κ2) is 5.05. The molecule has 0 fully saturated rings. The Labute approximate surface area is 103 Å². The predicted octanol–water partition coefficient (Wildman–Crippen LogP) is 4.52. The maximum Gasteiger partial charge on any atom is 0.0343 e. The molecular weight excluding hydrogens is 206 g/mol. The van der Waals surface area contributed by atoms with Gasteiger partial charge in [-0.15, -0.1) is 0 Å². The maximum atomic E-state index is 3.17. The average molecular weight is 225 g/mol. The van der Waals surface area contributed by atoms with Crippen molar-refractivity contribution in [3.63, 3.8) is 0 Å². The molecular formula is C16H19N. The SMILES string of the molecule is CNc1cccc(-c2ccc(C(C)C)cc2)c1. The number of anilines is 1. The van der Waals surface area contributed by atoms with Crippen LogP contribution in [-0.4, -0.2) is 7.05 Å². The molecule has 1 heteroatoms. The summed E-state index contributed by atoms with van der Waals surface area (Å²) in [4.78, 5) is 0. The Morgan fingerprint density at radius 1 is 0.882 bits per heavy atom. The standard InChI is InChI=1S/C16H19N/c1-12(2)13-7-9-14(10-8-13)15-5-4-6-16(11-15)17-3/h4-12,17H,1-3H3. The third-order valence-electron chi connectivity index (χ3n) is 3.06. The van der Waals surface area contributed by atoms with Gasteiger partial charge in [0.2, 0.25) is 0 Å². The van der Waals surface area contributed by atoms with E-state index in [1.807, 2.05) is 7.05 Å². The largest absolute Gasteiger partial charge is 0.388 e. The Morgan fingerprint density at radius 3 is 2.18 bits per heavy atom. The zero-order valence-electron chi connectivity index (χ0n) is 10.7. The van der Waals surface area contributed by atoms with Crippen LogP contribution in [0.2, 0.25) is 0 Å². The van der Waals surface area contributed by atoms with E-state index < -0.39 is 0 Å². The summed E-state index contributed by atoms with van der Waals surface area (Å²) in [6, 6.07) is 17.3. The number of hydrogen-bond donors (Lipinski definition) is 1. The first-order chi connectivity index (χ1) is 8.20. The molecule has 0 aliphatic heterocycles. The van der Waals surface area contributed by atoms with Gasteiger partial charge in [-0.1, -0.05) is 50.2 Å². The summed E-state index contributed by atoms with van der Waals surface area (Å²) in [6.45, 7) is 4.44. The predicted molar refractivity (Wildman–Crippen MR) is 75.5 cm³/mol. The molecule has 0 atom stereocenters. The zero-order valence-corrected chi connectivity index (χ0v) is 10.7. The molecule has 0 aliphatic carbocycles. The first kappa shape index (κ1) is 11.7. The molecule has 0 saturated carbocycles. The summed E-state index contributed by atoms with van der Waals surface area (Å²) in [7, 11) is 1.95. The van der Waals surface area contributed by atoms with Gasteiger partial charge in [0.25, 0.3) is 0 Å². The van der Waals surface area contributed by atoms with Gasteiger partial charge in [-0.05, 0) is 34.7 Å². The molecule has 2 aromatic rings. The third kappa shape index (κ3) is 2.68. The first-order valence-electron chi connectivity index (χ1n) is 6.09. The minimum absolute atomic E-state index is 0.590. The number of rotatable bonds is 3. The van der Waals surface area contributed by atoms with Crippen molar-refractivity contribution in [2.45, 2.75) is 19.8 Å². The van der Waals surface area contributed by atoms with Crippen molar-refractivity contribution in [1.29, 1.82) is 0 Å². The van der Waals surface area contributed by atoms with Crippen molar-refractivity contribution in [3.05, 3.63) is 54.1 Å². The smallest absolute Gasteiger partial charge is 0.0343 e. The maximum absolute atomic E-state index is 3.17. The molecule has 88 valence electrons. The highest BCUT2D eigenvalue weighted by Crippen LogP contribution is 2.24. The fourth-order valence-corrected chi connectivity index (χ4v) is 1.91. The summed E-state index contributed by atoms with van der Waals surface area (Å²) >= 11 is 0. The normalized spacial score (nSPS) is 10.6. The van der Waals surface area contributed by atoms with Crippen LogP contribution in [0.15, 0.2) is 48.5 Å². The highest BCUT2D eigenvalue weighted by Gasteiger charge is 2.01. The van der Waals surface area contributed by atoms with Gasteiger partial charge in [-0.2, -0.15) is 0 Å². The van der Waals surface area contributed by atoms with E-state index in [-0.39, 0.29) is 0 Å². The molecule has 0 spiro atoms. The van der Waals surface area contributed by atoms with Gasteiger partial charge in [-0.3, -0.25) is 0 Å². The molecule has 0 bridgehead atoms. The van der Waals surface area contributed by atoms with E-state index in [2.05, 4.69) is 67.7 Å². The topological polar surface area (TPSA) is 12.0 Å². The lowest BCUT2D eigenvalue weighted by Gasteiger charge is -2.08. The molecule has 0 radical (unpaired) electrons. The monoisotopic (exact) mass is 225 g/mol. The summed E-state index contributed by atoms with van der Waals surface area (Å²) in [6.07, 6.45) is 0. The Kier molecular flexibility index (Phi) is 3.48. The van der Waals surface area contributed by atoms with Gasteiger partial charge < -0.3 is 5.32 Å². The molecule has 0 aromatic heterocycles. The van der Waals surface area contributed by atoms with Crippen molar-refractivity contribution < 1.29 is 0 Å². The average Bonchev–Trinajstić information content (AvgIpc) is 2.39. The number of benzene rings is 2. The van der Waals surface area contributed by atoms with Gasteiger partial charge in [0, 0.05) is 12.7 Å². The number of nitrogens with one attached hydrogen (secondary N) is 1. The van der Waals surface area contributed by atoms with E-state index in [9.17, 15) is 0 Å². The molecule has 0 heterocycles. The quantitative estimate of drug-likeness (QED) is 0.810. The van der Waals surface area contributed by atoms with Gasteiger partial charge >= 0.3 is 0 Å². The fourth-order valence-electron chi connectivity index (χ4n) is 1.91. The van der Waals surface area contributed by atoms with E-state index >= 15 is 0 Å². The zero-order chi connectivity index (χ0) is 12.3. The molecule has 0 unspecified atom stereocenters. The van der Waals surface area contributed by atoms with Crippen LogP contribution in [0.25, 0.3) is 11.1 Å². The third-order valence-corrected chi connectivity index (χ3v) is 3.06. The van der Waals surface area contributed by atoms with E-state index in [1.165, 1.54) is 16.7 Å². The Morgan fingerprint density at radius 2 is 1.59 bits per heavy atom. The highest BCUT2D eigenvalue weighted by atomic mass is 14.8. The fraction of sp³-hybridized carbons (Fsp3) is 0.250. The van der Waals surface area contributed by atoms with E-state index in [0.29, 0.717) is 5.92 Å². The van der Waals surface area contributed by atoms with Gasteiger partial charge in [0.05, 0.1) is 0 Å². The minimum atomic E-state index is 0.590. The molecule has 0 aliphatic rings. The molecule has 2 aromatic carbocycles. The Bertz CT molecular complexity index is 483. The number of hydrogen-bond acceptors (Lipinski definition) is 1. The van der Waals surface area contributed by atoms with Gasteiger partial charge in [-0.25, -0.2) is 0 Å². The van der Waals surface area contributed by atoms with Crippen LogP contribution in [-0.2, 0) is 0 Å². The Balaban J connectivity index is 2.32. The van der Waals surface area contributed by atoms with Gasteiger partial charge in [0.15, 0.2) is 0 Å². The van der Waals surface area contributed by atoms with Crippen LogP contribution in [0.1, 0.15) is 25.3 Å². The highest BCUT2D eigenvalue weighted by molar-refractivity contribution is 5.68. The molecule has 17 heavy (non-hydrogen) atoms. The molecule has 0 saturated heterocycles. The molecule has 1 nitrogen and oxygen atoms in total. The second-order valence-corrected chi connectivity index (χ2v) is 4.61. The molecule has 0 amide bonds. The van der Waals surface area contributed by atoms with E-state index in [4.69, 9.17) is 0 Å². The van der Waals surface area contributed by atoms with Crippen molar-refractivity contribution in [2.75, 3.05) is 12.4 Å². The molecule has 1 N–H and O–H groups in total. The van der Waals surface area contributed by atoms with Crippen LogP contribution in [0, 0.1) is 0 Å². The minimum Gasteiger partial charge on any atom is -0.388 e. The molecule has 2 rings (SSSR count). The van der Waals surface area contributed by atoms with E-state index in [0.717, 1.165) is 5.69 Å². The van der Waals surface area contributed by atoms with Crippen molar-refractivity contribution in [2.24, 2.45) is 0 Å². The van der Waals surface area contributed by atoms with Crippen molar-refractivity contribution >= 4 is 5.69 Å². The Hall–Kier alpha value is -1.76. The van der Waals surface area contributed by atoms with Crippen LogP contribution in [0.5, 0.6) is 0 Å². The lowest BCUT2D eigenvalue weighted by molar-refractivity contribution is 0.867. The van der Waals surface area contributed by atoms with Crippen LogP contribution >= 0.6 is 0 Å². The van der Waals surface area contributed by atoms with Crippen LogP contribution in [0.3, 0.4) is 0 Å². The summed E-state index contributed by atoms with van der Waals surface area (Å²) < 4.78 is 0. The summed E-state index contributed by atoms with van der Waals surface area (Å²) in [5, 5.41) is 3.17. The van der Waals surface area contributed by atoms with E-state index in [1.54, 1.807) is 0 Å².